The number of aromatic nitrogens is 2. The van der Waals surface area contributed by atoms with E-state index in [0.29, 0.717) is 0 Å². The summed E-state index contributed by atoms with van der Waals surface area (Å²) < 4.78 is 11.5. The Kier molecular flexibility index (Phi) is 6.03. The largest absolute Gasteiger partial charge is 0.390 e. The van der Waals surface area contributed by atoms with Crippen molar-refractivity contribution in [1.82, 2.24) is 9.55 Å². The second-order valence-corrected chi connectivity index (χ2v) is 7.20. The zero-order chi connectivity index (χ0) is 20.7. The number of aliphatic hydroxyl groups excluding tert-OH is 6. The van der Waals surface area contributed by atoms with E-state index in [-0.39, 0.29) is 6.42 Å². The van der Waals surface area contributed by atoms with Crippen LogP contribution in [0.5, 0.6) is 0 Å². The third-order valence-corrected chi connectivity index (χ3v) is 5.29. The molecule has 0 amide bonds. The third kappa shape index (κ3) is 3.77. The lowest BCUT2D eigenvalue weighted by molar-refractivity contribution is -0.267. The summed E-state index contributed by atoms with van der Waals surface area (Å²) >= 11 is 0. The van der Waals surface area contributed by atoms with Crippen molar-refractivity contribution in [2.24, 2.45) is 5.92 Å². The van der Waals surface area contributed by atoms with Gasteiger partial charge in [-0.2, -0.15) is 0 Å². The molecule has 2 fully saturated rings. The summed E-state index contributed by atoms with van der Waals surface area (Å²) in [6.45, 7) is 1.48. The smallest absolute Gasteiger partial charge is 0.330 e. The number of nitrogens with one attached hydrogen (secondary N) is 1. The summed E-state index contributed by atoms with van der Waals surface area (Å²) in [5.74, 6) is -0.741. The fraction of sp³-hybridized carbons (Fsp3) is 0.750. The number of hydrogen-bond donors (Lipinski definition) is 7. The zero-order valence-electron chi connectivity index (χ0n) is 14.9. The lowest BCUT2D eigenvalue weighted by Crippen LogP contribution is -2.55. The van der Waals surface area contributed by atoms with E-state index in [1.165, 1.54) is 6.92 Å². The molecular formula is C16H24N2O10. The highest BCUT2D eigenvalue weighted by molar-refractivity contribution is 4.97. The maximum atomic E-state index is 11.9. The van der Waals surface area contributed by atoms with Crippen molar-refractivity contribution in [3.05, 3.63) is 33.1 Å². The summed E-state index contributed by atoms with van der Waals surface area (Å²) in [6, 6.07) is 1.03. The van der Waals surface area contributed by atoms with Crippen LogP contribution >= 0.6 is 0 Å². The van der Waals surface area contributed by atoms with Gasteiger partial charge in [0.05, 0.1) is 18.3 Å². The minimum absolute atomic E-state index is 0.330. The van der Waals surface area contributed by atoms with Crippen LogP contribution in [0.15, 0.2) is 21.9 Å². The number of aromatic amines is 1. The minimum Gasteiger partial charge on any atom is -0.390 e. The van der Waals surface area contributed by atoms with E-state index in [1.54, 1.807) is 0 Å². The molecule has 12 heteroatoms. The molecule has 0 spiro atoms. The molecule has 3 rings (SSSR count). The standard InChI is InChI=1S/C16H24N2O10/c1-5-9(21)10(22)7(27-15(5)25)4-6(19)13-11(23)12(24)14(28-13)18-3-2-8(20)17-16(18)26/h2-3,5-7,9-15,19,21-25H,4H2,1H3,(H,17,20,26)/t5-,6-,7-,9?,10?,11+,12-,13-,14-,15?/m1/s1. The summed E-state index contributed by atoms with van der Waals surface area (Å²) in [7, 11) is 0. The Morgan fingerprint density at radius 1 is 1.07 bits per heavy atom. The topological polar surface area (TPSA) is 195 Å². The highest BCUT2D eigenvalue weighted by Crippen LogP contribution is 2.33. The van der Waals surface area contributed by atoms with Crippen molar-refractivity contribution in [2.45, 2.75) is 68.6 Å². The van der Waals surface area contributed by atoms with Gasteiger partial charge in [-0.15, -0.1) is 0 Å². The van der Waals surface area contributed by atoms with Gasteiger partial charge in [-0.1, -0.05) is 6.92 Å². The second-order valence-electron chi connectivity index (χ2n) is 7.20. The van der Waals surface area contributed by atoms with Crippen molar-refractivity contribution in [2.75, 3.05) is 0 Å². The molecule has 1 aromatic rings. The van der Waals surface area contributed by atoms with Gasteiger partial charge in [0.1, 0.15) is 24.4 Å². The number of H-pyrrole nitrogens is 1. The van der Waals surface area contributed by atoms with Crippen LogP contribution in [0.3, 0.4) is 0 Å². The number of rotatable bonds is 4. The third-order valence-electron chi connectivity index (χ3n) is 5.29. The molecule has 28 heavy (non-hydrogen) atoms. The first-order valence-corrected chi connectivity index (χ1v) is 8.82. The Morgan fingerprint density at radius 3 is 2.39 bits per heavy atom. The van der Waals surface area contributed by atoms with Crippen LogP contribution in [0, 0.1) is 5.92 Å². The predicted molar refractivity (Wildman–Crippen MR) is 89.9 cm³/mol. The van der Waals surface area contributed by atoms with Gasteiger partial charge < -0.3 is 40.1 Å². The van der Waals surface area contributed by atoms with E-state index in [9.17, 15) is 40.2 Å². The lowest BCUT2D eigenvalue weighted by Gasteiger charge is -2.40. The first-order valence-electron chi connectivity index (χ1n) is 8.82. The first-order chi connectivity index (χ1) is 13.1. The van der Waals surface area contributed by atoms with E-state index in [2.05, 4.69) is 0 Å². The van der Waals surface area contributed by atoms with Crippen LogP contribution in [-0.4, -0.2) is 89.2 Å². The van der Waals surface area contributed by atoms with Crippen LogP contribution in [-0.2, 0) is 9.47 Å². The molecule has 10 atom stereocenters. The Labute approximate surface area is 158 Å². The Bertz CT molecular complexity index is 796. The molecular weight excluding hydrogens is 380 g/mol. The summed E-state index contributed by atoms with van der Waals surface area (Å²) in [4.78, 5) is 25.0. The van der Waals surface area contributed by atoms with Crippen LogP contribution in [0.25, 0.3) is 0 Å². The normalized spacial score (nSPS) is 42.5. The van der Waals surface area contributed by atoms with E-state index in [4.69, 9.17) is 9.47 Å². The van der Waals surface area contributed by atoms with E-state index in [0.717, 1.165) is 16.8 Å². The summed E-state index contributed by atoms with van der Waals surface area (Å²) in [6.07, 6.45) is -11.8. The van der Waals surface area contributed by atoms with Gasteiger partial charge in [-0.3, -0.25) is 14.3 Å². The lowest BCUT2D eigenvalue weighted by atomic mass is 9.89. The number of nitrogens with zero attached hydrogens (tertiary/aromatic N) is 1. The van der Waals surface area contributed by atoms with Crippen molar-refractivity contribution in [1.29, 1.82) is 0 Å². The van der Waals surface area contributed by atoms with Crippen LogP contribution in [0.4, 0.5) is 0 Å². The quantitative estimate of drug-likeness (QED) is 0.260. The number of ether oxygens (including phenoxy) is 2. The molecule has 0 bridgehead atoms. The number of hydrogen-bond acceptors (Lipinski definition) is 10. The first kappa shape index (κ1) is 21.1. The minimum atomic E-state index is -1.59. The van der Waals surface area contributed by atoms with Crippen LogP contribution < -0.4 is 11.2 Å². The van der Waals surface area contributed by atoms with E-state index in [1.807, 2.05) is 4.98 Å². The number of aliphatic hydroxyl groups is 6. The highest BCUT2D eigenvalue weighted by atomic mass is 16.6. The Morgan fingerprint density at radius 2 is 1.75 bits per heavy atom. The molecule has 0 aliphatic carbocycles. The molecule has 2 aliphatic rings. The van der Waals surface area contributed by atoms with Crippen molar-refractivity contribution in [3.8, 4) is 0 Å². The summed E-state index contributed by atoms with van der Waals surface area (Å²) in [5, 5.41) is 60.7. The van der Waals surface area contributed by atoms with Gasteiger partial charge in [0, 0.05) is 24.6 Å². The average molecular weight is 404 g/mol. The van der Waals surface area contributed by atoms with Crippen molar-refractivity contribution >= 4 is 0 Å². The molecule has 3 heterocycles. The molecule has 12 nitrogen and oxygen atoms in total. The van der Waals surface area contributed by atoms with E-state index >= 15 is 0 Å². The molecule has 0 radical (unpaired) electrons. The van der Waals surface area contributed by atoms with Gasteiger partial charge in [0.25, 0.3) is 5.56 Å². The van der Waals surface area contributed by atoms with Gasteiger partial charge in [-0.25, -0.2) is 4.79 Å². The van der Waals surface area contributed by atoms with Crippen LogP contribution in [0.1, 0.15) is 19.6 Å². The summed E-state index contributed by atoms with van der Waals surface area (Å²) in [5.41, 5.74) is -1.52. The molecule has 2 aliphatic heterocycles. The molecule has 7 N–H and O–H groups in total. The van der Waals surface area contributed by atoms with Crippen molar-refractivity contribution < 1.29 is 40.1 Å². The second kappa shape index (κ2) is 8.00. The Hall–Kier alpha value is -1.64. The fourth-order valence-electron chi connectivity index (χ4n) is 3.51. The fourth-order valence-corrected chi connectivity index (χ4v) is 3.51. The van der Waals surface area contributed by atoms with Crippen molar-refractivity contribution in [3.63, 3.8) is 0 Å². The van der Waals surface area contributed by atoms with Gasteiger partial charge in [0.2, 0.25) is 0 Å². The van der Waals surface area contributed by atoms with Gasteiger partial charge in [-0.05, 0) is 0 Å². The Balaban J connectivity index is 1.73. The molecule has 158 valence electrons. The molecule has 3 unspecified atom stereocenters. The molecule has 0 saturated carbocycles. The molecule has 1 aromatic heterocycles. The van der Waals surface area contributed by atoms with E-state index < -0.39 is 72.4 Å². The van der Waals surface area contributed by atoms with Crippen LogP contribution in [0.2, 0.25) is 0 Å². The molecule has 0 aromatic carbocycles. The van der Waals surface area contributed by atoms with Gasteiger partial charge >= 0.3 is 5.69 Å². The average Bonchev–Trinajstić information content (AvgIpc) is 2.93. The maximum absolute atomic E-state index is 11.9. The predicted octanol–water partition coefficient (Wildman–Crippen LogP) is -4.02. The molecule has 2 saturated heterocycles. The zero-order valence-corrected chi connectivity index (χ0v) is 14.9. The SMILES string of the molecule is C[C@H]1C(O)O[C@H](C[C@@H](O)[C@H]2O[C@@H](n3ccc(=O)[nH]c3=O)[C@H](O)[C@@H]2O)C(O)C1O. The van der Waals surface area contributed by atoms with Gasteiger partial charge in [0.15, 0.2) is 12.5 Å². The maximum Gasteiger partial charge on any atom is 0.330 e. The highest BCUT2D eigenvalue weighted by Gasteiger charge is 2.49. The monoisotopic (exact) mass is 404 g/mol.